The summed E-state index contributed by atoms with van der Waals surface area (Å²) in [5.74, 6) is 0. The number of ether oxygens (including phenoxy) is 1. The van der Waals surface area contributed by atoms with Crippen molar-refractivity contribution in [1.82, 2.24) is 0 Å². The van der Waals surface area contributed by atoms with E-state index < -0.39 is 0 Å². The first-order chi connectivity index (χ1) is 6.83. The van der Waals surface area contributed by atoms with E-state index in [4.69, 9.17) is 17.0 Å². The molecule has 1 nitrogen and oxygen atoms in total. The summed E-state index contributed by atoms with van der Waals surface area (Å²) in [4.78, 5) is 0. The van der Waals surface area contributed by atoms with Gasteiger partial charge in [0.05, 0.1) is 6.61 Å². The maximum atomic E-state index is 5.26. The van der Waals surface area contributed by atoms with Crippen LogP contribution >= 0.6 is 12.2 Å². The number of benzene rings is 1. The molecule has 1 aromatic carbocycles. The minimum atomic E-state index is 0.552. The zero-order valence-corrected chi connectivity index (χ0v) is 9.09. The Hall–Kier alpha value is -1.15. The molecule has 0 amide bonds. The third-order valence-corrected chi connectivity index (χ3v) is 1.91. The van der Waals surface area contributed by atoms with Gasteiger partial charge in [0.15, 0.2) is 5.05 Å². The fourth-order valence-corrected chi connectivity index (χ4v) is 1.13. The third kappa shape index (κ3) is 4.19. The lowest BCUT2D eigenvalue weighted by Gasteiger charge is -2.00. The van der Waals surface area contributed by atoms with Crippen LogP contribution in [0.2, 0.25) is 0 Å². The minimum Gasteiger partial charge on any atom is -0.483 e. The lowest BCUT2D eigenvalue weighted by Crippen LogP contribution is -1.98. The average Bonchev–Trinajstić information content (AvgIpc) is 2.25. The molecule has 0 aliphatic rings. The van der Waals surface area contributed by atoms with Crippen molar-refractivity contribution in [2.75, 3.05) is 6.61 Å². The topological polar surface area (TPSA) is 9.23 Å². The van der Waals surface area contributed by atoms with Gasteiger partial charge in [-0.3, -0.25) is 0 Å². The molecule has 0 radical (unpaired) electrons. The van der Waals surface area contributed by atoms with Crippen LogP contribution in [0.1, 0.15) is 18.9 Å². The summed E-state index contributed by atoms with van der Waals surface area (Å²) in [7, 11) is 0. The van der Waals surface area contributed by atoms with Gasteiger partial charge in [-0.1, -0.05) is 43.3 Å². The molecule has 1 aromatic rings. The zero-order valence-electron chi connectivity index (χ0n) is 8.27. The van der Waals surface area contributed by atoms with Crippen LogP contribution in [0.5, 0.6) is 0 Å². The van der Waals surface area contributed by atoms with Gasteiger partial charge < -0.3 is 4.74 Å². The smallest absolute Gasteiger partial charge is 0.183 e. The number of rotatable bonds is 4. The minimum absolute atomic E-state index is 0.552. The van der Waals surface area contributed by atoms with Crippen molar-refractivity contribution in [2.45, 2.75) is 13.3 Å². The summed E-state index contributed by atoms with van der Waals surface area (Å²) in [6.45, 7) is 2.75. The van der Waals surface area contributed by atoms with E-state index in [1.807, 2.05) is 42.5 Å². The van der Waals surface area contributed by atoms with E-state index in [1.54, 1.807) is 0 Å². The highest BCUT2D eigenvalue weighted by molar-refractivity contribution is 7.80. The van der Waals surface area contributed by atoms with Crippen LogP contribution in [0.25, 0.3) is 6.08 Å². The molecule has 0 aliphatic heterocycles. The lowest BCUT2D eigenvalue weighted by molar-refractivity contribution is 0.315. The molecule has 0 unspecified atom stereocenters. The monoisotopic (exact) mass is 206 g/mol. The normalized spacial score (nSPS) is 10.4. The summed E-state index contributed by atoms with van der Waals surface area (Å²) >= 11 is 5.01. The molecule has 14 heavy (non-hydrogen) atoms. The summed E-state index contributed by atoms with van der Waals surface area (Å²) in [6, 6.07) is 10.0. The molecule has 0 spiro atoms. The highest BCUT2D eigenvalue weighted by Crippen LogP contribution is 2.01. The maximum Gasteiger partial charge on any atom is 0.183 e. The van der Waals surface area contributed by atoms with Crippen molar-refractivity contribution in [3.63, 3.8) is 0 Å². The van der Waals surface area contributed by atoms with Gasteiger partial charge in [-0.2, -0.15) is 0 Å². The first-order valence-corrected chi connectivity index (χ1v) is 5.13. The Morgan fingerprint density at radius 2 is 2.07 bits per heavy atom. The van der Waals surface area contributed by atoms with Gasteiger partial charge in [-0.15, -0.1) is 0 Å². The molecular formula is C12H14OS. The van der Waals surface area contributed by atoms with E-state index in [0.29, 0.717) is 11.7 Å². The van der Waals surface area contributed by atoms with Crippen molar-refractivity contribution < 1.29 is 4.74 Å². The molecule has 0 aromatic heterocycles. The highest BCUT2D eigenvalue weighted by Gasteiger charge is 1.89. The Bertz CT molecular complexity index is 303. The second kappa shape index (κ2) is 6.33. The molecule has 0 atom stereocenters. The number of thiocarbonyl (C=S) groups is 1. The van der Waals surface area contributed by atoms with Crippen LogP contribution in [0, 0.1) is 0 Å². The van der Waals surface area contributed by atoms with Crippen LogP contribution in [-0.2, 0) is 4.74 Å². The number of hydrogen-bond acceptors (Lipinski definition) is 2. The van der Waals surface area contributed by atoms with Crippen molar-refractivity contribution >= 4 is 23.3 Å². The van der Waals surface area contributed by atoms with E-state index in [0.717, 1.165) is 12.0 Å². The summed E-state index contributed by atoms with van der Waals surface area (Å²) in [5.41, 5.74) is 1.13. The summed E-state index contributed by atoms with van der Waals surface area (Å²) in [6.07, 6.45) is 4.76. The van der Waals surface area contributed by atoms with Crippen LogP contribution < -0.4 is 0 Å². The van der Waals surface area contributed by atoms with Crippen molar-refractivity contribution in [2.24, 2.45) is 0 Å². The van der Waals surface area contributed by atoms with E-state index in [-0.39, 0.29) is 0 Å². The van der Waals surface area contributed by atoms with E-state index in [1.165, 1.54) is 0 Å². The van der Waals surface area contributed by atoms with Crippen molar-refractivity contribution in [3.05, 3.63) is 42.0 Å². The first-order valence-electron chi connectivity index (χ1n) is 4.73. The Morgan fingerprint density at radius 3 is 2.71 bits per heavy atom. The average molecular weight is 206 g/mol. The SMILES string of the molecule is CCCOC(=S)/C=C/c1ccccc1. The van der Waals surface area contributed by atoms with Gasteiger partial charge in [0.1, 0.15) is 0 Å². The predicted octanol–water partition coefficient (Wildman–Crippen LogP) is 3.45. The Balaban J connectivity index is 2.44. The van der Waals surface area contributed by atoms with Crippen LogP contribution in [0.4, 0.5) is 0 Å². The Labute approximate surface area is 90.4 Å². The molecule has 0 fully saturated rings. The highest BCUT2D eigenvalue weighted by atomic mass is 32.1. The van der Waals surface area contributed by atoms with Gasteiger partial charge in [-0.05, 0) is 30.3 Å². The van der Waals surface area contributed by atoms with Gasteiger partial charge >= 0.3 is 0 Å². The fraction of sp³-hybridized carbons (Fsp3) is 0.250. The molecule has 74 valence electrons. The fourth-order valence-electron chi connectivity index (χ4n) is 0.979. The summed E-state index contributed by atoms with van der Waals surface area (Å²) in [5, 5.41) is 0.552. The molecule has 2 heteroatoms. The molecule has 0 saturated carbocycles. The predicted molar refractivity (Wildman–Crippen MR) is 64.3 cm³/mol. The van der Waals surface area contributed by atoms with Gasteiger partial charge in [-0.25, -0.2) is 0 Å². The first kappa shape index (κ1) is 10.9. The molecule has 0 bridgehead atoms. The zero-order chi connectivity index (χ0) is 10.2. The standard InChI is InChI=1S/C12H14OS/c1-2-10-13-12(14)9-8-11-6-4-3-5-7-11/h3-9H,2,10H2,1H3/b9-8+. The van der Waals surface area contributed by atoms with Gasteiger partial charge in [0, 0.05) is 0 Å². The maximum absolute atomic E-state index is 5.26. The van der Waals surface area contributed by atoms with Gasteiger partial charge in [0.25, 0.3) is 0 Å². The largest absolute Gasteiger partial charge is 0.483 e. The molecular weight excluding hydrogens is 192 g/mol. The number of hydrogen-bond donors (Lipinski definition) is 0. The molecule has 0 N–H and O–H groups in total. The molecule has 0 aliphatic carbocycles. The Morgan fingerprint density at radius 1 is 1.36 bits per heavy atom. The quantitative estimate of drug-likeness (QED) is 0.551. The van der Waals surface area contributed by atoms with E-state index in [9.17, 15) is 0 Å². The second-order valence-electron chi connectivity index (χ2n) is 2.91. The second-order valence-corrected chi connectivity index (χ2v) is 3.31. The molecule has 1 rings (SSSR count). The van der Waals surface area contributed by atoms with Gasteiger partial charge in [0.2, 0.25) is 0 Å². The Kier molecular flexibility index (Phi) is 4.94. The third-order valence-electron chi connectivity index (χ3n) is 1.66. The van der Waals surface area contributed by atoms with Crippen LogP contribution in [-0.4, -0.2) is 11.7 Å². The van der Waals surface area contributed by atoms with Crippen LogP contribution in [0.3, 0.4) is 0 Å². The van der Waals surface area contributed by atoms with E-state index >= 15 is 0 Å². The van der Waals surface area contributed by atoms with Crippen molar-refractivity contribution in [1.29, 1.82) is 0 Å². The molecule has 0 heterocycles. The van der Waals surface area contributed by atoms with Crippen LogP contribution in [0.15, 0.2) is 36.4 Å². The lowest BCUT2D eigenvalue weighted by atomic mass is 10.2. The van der Waals surface area contributed by atoms with Crippen molar-refractivity contribution in [3.8, 4) is 0 Å². The van der Waals surface area contributed by atoms with E-state index in [2.05, 4.69) is 6.92 Å². The summed E-state index contributed by atoms with van der Waals surface area (Å²) < 4.78 is 5.26. The molecule has 0 saturated heterocycles.